The summed E-state index contributed by atoms with van der Waals surface area (Å²) in [5, 5.41) is 16.9. The molecule has 2 aliphatic rings. The summed E-state index contributed by atoms with van der Waals surface area (Å²) in [4.78, 5) is 53.4. The van der Waals surface area contributed by atoms with Gasteiger partial charge in [0.05, 0.1) is 30.0 Å². The average Bonchev–Trinajstić information content (AvgIpc) is 4.03. The van der Waals surface area contributed by atoms with Gasteiger partial charge in [0.1, 0.15) is 17.8 Å². The van der Waals surface area contributed by atoms with Crippen molar-refractivity contribution in [1.82, 2.24) is 44.5 Å². The zero-order valence-corrected chi connectivity index (χ0v) is 39.2. The van der Waals surface area contributed by atoms with E-state index in [1.807, 2.05) is 26.8 Å². The van der Waals surface area contributed by atoms with Gasteiger partial charge in [0.2, 0.25) is 17.7 Å². The molecule has 0 spiro atoms. The third-order valence-corrected chi connectivity index (χ3v) is 13.1. The first kappa shape index (κ1) is 47.9. The molecule has 2 fully saturated rings. The number of hydrogen-bond donors (Lipinski definition) is 3. The van der Waals surface area contributed by atoms with Gasteiger partial charge in [-0.3, -0.25) is 24.8 Å². The van der Waals surface area contributed by atoms with Crippen LogP contribution in [0.25, 0.3) is 33.5 Å². The van der Waals surface area contributed by atoms with Crippen LogP contribution in [0.4, 0.5) is 0 Å². The van der Waals surface area contributed by atoms with Crippen LogP contribution in [0.15, 0.2) is 49.2 Å². The molecule has 0 bridgehead atoms. The average molecular weight is 886 g/mol. The van der Waals surface area contributed by atoms with Crippen molar-refractivity contribution in [2.24, 2.45) is 17.3 Å². The van der Waals surface area contributed by atoms with Crippen LogP contribution in [0.2, 0.25) is 0 Å². The topological polar surface area (TPSA) is 167 Å². The molecule has 1 aromatic carbocycles. The molecule has 2 saturated heterocycles. The number of ether oxygens (including phenoxy) is 2. The van der Waals surface area contributed by atoms with Crippen LogP contribution in [-0.2, 0) is 43.2 Å². The Kier molecular flexibility index (Phi) is 16.3. The van der Waals surface area contributed by atoms with Crippen LogP contribution in [0.3, 0.4) is 0 Å². The number of carbonyl (C=O) groups excluding carboxylic acids is 3. The van der Waals surface area contributed by atoms with Crippen molar-refractivity contribution in [2.75, 3.05) is 60.3 Å². The Balaban J connectivity index is 1.30. The van der Waals surface area contributed by atoms with E-state index in [0.717, 1.165) is 76.5 Å². The maximum Gasteiger partial charge on any atom is 0.245 e. The van der Waals surface area contributed by atoms with E-state index in [4.69, 9.17) is 23.8 Å². The third kappa shape index (κ3) is 11.2. The quantitative estimate of drug-likeness (QED) is 0.0744. The van der Waals surface area contributed by atoms with Crippen molar-refractivity contribution in [3.8, 4) is 22.6 Å². The van der Waals surface area contributed by atoms with Crippen molar-refractivity contribution < 1.29 is 29.0 Å². The van der Waals surface area contributed by atoms with E-state index >= 15 is 0 Å². The number of pyridine rings is 1. The number of rotatable bonds is 20. The van der Waals surface area contributed by atoms with Gasteiger partial charge in [-0.2, -0.15) is 4.37 Å². The molecule has 2 aliphatic heterocycles. The van der Waals surface area contributed by atoms with E-state index in [0.29, 0.717) is 51.3 Å². The predicted octanol–water partition coefficient (Wildman–Crippen LogP) is 5.63. The van der Waals surface area contributed by atoms with Crippen LogP contribution >= 0.6 is 11.5 Å². The number of aliphatic hydroxyl groups excluding tert-OH is 1. The normalized spacial score (nSPS) is 17.6. The van der Waals surface area contributed by atoms with E-state index in [1.165, 1.54) is 17.6 Å². The number of aryl methyl sites for hydroxylation is 1. The molecule has 4 aromatic rings. The number of likely N-dealkylation sites (tertiary alicyclic amines) is 1. The zero-order valence-electron chi connectivity index (χ0n) is 38.4. The number of benzene rings is 1. The second-order valence-corrected chi connectivity index (χ2v) is 18.9. The molecule has 15 nitrogen and oxygen atoms in total. The van der Waals surface area contributed by atoms with Crippen molar-refractivity contribution in [3.05, 3.63) is 65.4 Å². The van der Waals surface area contributed by atoms with Gasteiger partial charge in [-0.15, -0.1) is 0 Å². The maximum absolute atomic E-state index is 14.3. The highest BCUT2D eigenvalue weighted by Gasteiger charge is 2.38. The van der Waals surface area contributed by atoms with E-state index in [9.17, 15) is 19.5 Å². The van der Waals surface area contributed by atoms with Gasteiger partial charge >= 0.3 is 0 Å². The minimum Gasteiger partial charge on any atom is -0.375 e. The number of likely N-dealkylation sites (N-methyl/N-ethyl adjacent to an activating group) is 1. The summed E-state index contributed by atoms with van der Waals surface area (Å²) in [6.07, 6.45) is 6.66. The molecule has 0 saturated carbocycles. The largest absolute Gasteiger partial charge is 0.375 e. The lowest BCUT2D eigenvalue weighted by Crippen LogP contribution is -2.57. The molecule has 4 atom stereocenters. The van der Waals surface area contributed by atoms with Crippen LogP contribution < -0.4 is 10.7 Å². The number of nitrogens with zero attached hydrogens (tertiary/aromatic N) is 7. The summed E-state index contributed by atoms with van der Waals surface area (Å²) in [6.45, 7) is 19.8. The minimum absolute atomic E-state index is 0.139. The van der Waals surface area contributed by atoms with Crippen molar-refractivity contribution in [3.63, 3.8) is 0 Å². The summed E-state index contributed by atoms with van der Waals surface area (Å²) < 4.78 is 18.6. The molecular formula is C47H67N9O6S. The summed E-state index contributed by atoms with van der Waals surface area (Å²) >= 11 is 1.33. The maximum atomic E-state index is 14.3. The summed E-state index contributed by atoms with van der Waals surface area (Å²) in [5.74, 6) is -0.464. The Morgan fingerprint density at radius 1 is 1.17 bits per heavy atom. The smallest absolute Gasteiger partial charge is 0.245 e. The van der Waals surface area contributed by atoms with Gasteiger partial charge in [0, 0.05) is 94.1 Å². The number of nitrogens with one attached hydrogen (secondary N) is 2. The Bertz CT molecular complexity index is 2220. The fraction of sp³-hybridized carbons (Fsp3) is 0.574. The standard InChI is InChI=1S/C47H67N9O6S/c1-10-40(58)54-22-18-33(26-54)46(60)53(8)42(30(3)4)45(59)50-34(27-55-21-13-12-20-49-55)24-39-51-44(52-63-39)32-16-17-38-36(23-32)37(25-47(6,7)28-62-29-57)43(56(38)11-2)35-15-14-19-48-41(35)31(5)61-9/h10,14-17,19,23,30-31,33-34,42,49,57H,1,11-13,18,20-22,24-29H2,2-9H3,(H,50,59)/t31-,33-,34-,42-/m0/s1. The highest BCUT2D eigenvalue weighted by atomic mass is 32.1. The number of fused-ring (bicyclic) bond motifs is 1. The fourth-order valence-electron chi connectivity index (χ4n) is 9.20. The van der Waals surface area contributed by atoms with Gasteiger partial charge in [0.25, 0.3) is 0 Å². The van der Waals surface area contributed by atoms with E-state index in [1.54, 1.807) is 30.2 Å². The molecular weight excluding hydrogens is 819 g/mol. The van der Waals surface area contributed by atoms with Crippen LogP contribution in [0.1, 0.15) is 83.2 Å². The molecule has 0 radical (unpaired) electrons. The number of hydrogen-bond acceptors (Lipinski definition) is 12. The Labute approximate surface area is 376 Å². The fourth-order valence-corrected chi connectivity index (χ4v) is 9.95. The van der Waals surface area contributed by atoms with Crippen molar-refractivity contribution >= 4 is 40.2 Å². The number of aromatic nitrogens is 4. The molecule has 3 N–H and O–H groups in total. The minimum atomic E-state index is -0.703. The summed E-state index contributed by atoms with van der Waals surface area (Å²) in [5.41, 5.74) is 9.21. The number of amides is 3. The predicted molar refractivity (Wildman–Crippen MR) is 246 cm³/mol. The Morgan fingerprint density at radius 2 is 1.97 bits per heavy atom. The molecule has 342 valence electrons. The van der Waals surface area contributed by atoms with Gasteiger partial charge in [-0.25, -0.2) is 9.99 Å². The van der Waals surface area contributed by atoms with Crippen LogP contribution in [0, 0.1) is 17.3 Å². The second kappa shape index (κ2) is 21.4. The number of hydrazine groups is 1. The summed E-state index contributed by atoms with van der Waals surface area (Å²) in [7, 11) is 3.39. The van der Waals surface area contributed by atoms with Gasteiger partial charge in [-0.1, -0.05) is 34.3 Å². The lowest BCUT2D eigenvalue weighted by atomic mass is 9.84. The number of aliphatic hydroxyl groups is 1. The molecule has 16 heteroatoms. The zero-order chi connectivity index (χ0) is 45.4. The molecule has 3 amide bonds. The first-order valence-electron chi connectivity index (χ1n) is 22.3. The summed E-state index contributed by atoms with van der Waals surface area (Å²) in [6, 6.07) is 9.45. The third-order valence-electron chi connectivity index (χ3n) is 12.4. The van der Waals surface area contributed by atoms with Gasteiger partial charge in [-0.05, 0) is 104 Å². The monoisotopic (exact) mass is 885 g/mol. The molecule has 0 aliphatic carbocycles. The SMILES string of the molecule is C=CC(=O)N1CC[C@H](C(=O)N(C)[C@H](C(=O)N[C@@H](Cc2nc(-c3ccc4c(c3)c(CC(C)(C)COCO)c(-c3cccnc3[C@H](C)OC)n4CC)ns2)CN2CCCCN2)C(C)C)C1. The van der Waals surface area contributed by atoms with E-state index < -0.39 is 6.04 Å². The van der Waals surface area contributed by atoms with Gasteiger partial charge < -0.3 is 34.3 Å². The first-order chi connectivity index (χ1) is 30.2. The van der Waals surface area contributed by atoms with E-state index in [2.05, 4.69) is 71.9 Å². The second-order valence-electron chi connectivity index (χ2n) is 18.0. The first-order valence-corrected chi connectivity index (χ1v) is 23.1. The molecule has 6 rings (SSSR count). The Hall–Kier alpha value is -4.58. The molecule has 0 unspecified atom stereocenters. The lowest BCUT2D eigenvalue weighted by Gasteiger charge is -2.35. The molecule has 3 aromatic heterocycles. The highest BCUT2D eigenvalue weighted by Crippen LogP contribution is 2.41. The highest BCUT2D eigenvalue weighted by molar-refractivity contribution is 7.05. The number of methoxy groups -OCH3 is 1. The molecule has 5 heterocycles. The van der Waals surface area contributed by atoms with Crippen molar-refractivity contribution in [2.45, 2.75) is 98.4 Å². The molecule has 63 heavy (non-hydrogen) atoms. The van der Waals surface area contributed by atoms with Crippen LogP contribution in [0.5, 0.6) is 0 Å². The van der Waals surface area contributed by atoms with Crippen molar-refractivity contribution in [1.29, 1.82) is 0 Å². The lowest BCUT2D eigenvalue weighted by molar-refractivity contribution is -0.143. The van der Waals surface area contributed by atoms with Gasteiger partial charge in [0.15, 0.2) is 5.82 Å². The van der Waals surface area contributed by atoms with E-state index in [-0.39, 0.29) is 53.9 Å². The van der Waals surface area contributed by atoms with Crippen LogP contribution in [-0.4, -0.2) is 129 Å². The Morgan fingerprint density at radius 3 is 2.65 bits per heavy atom. The number of carbonyl (C=O) groups is 3.